The van der Waals surface area contributed by atoms with Crippen LogP contribution in [0.1, 0.15) is 35.2 Å². The van der Waals surface area contributed by atoms with Crippen molar-refractivity contribution >= 4 is 29.0 Å². The van der Waals surface area contributed by atoms with Gasteiger partial charge < -0.3 is 21.1 Å². The lowest BCUT2D eigenvalue weighted by atomic mass is 9.50. The first kappa shape index (κ1) is 23.1. The van der Waals surface area contributed by atoms with Crippen molar-refractivity contribution in [2.24, 2.45) is 29.4 Å². The molecule has 2 aromatic carbocycles. The number of nitrogens with two attached hydrogens (primary N) is 1. The van der Waals surface area contributed by atoms with Gasteiger partial charge in [-0.3, -0.25) is 24.0 Å². The van der Waals surface area contributed by atoms with Crippen LogP contribution >= 0.6 is 0 Å². The summed E-state index contributed by atoms with van der Waals surface area (Å²) in [6, 6.07) is 12.1. The van der Waals surface area contributed by atoms with Crippen molar-refractivity contribution in [3.05, 3.63) is 53.6 Å². The number of ketones is 4. The van der Waals surface area contributed by atoms with Gasteiger partial charge in [0.15, 0.2) is 34.7 Å². The zero-order valence-corrected chi connectivity index (χ0v) is 18.7. The van der Waals surface area contributed by atoms with Crippen molar-refractivity contribution in [1.29, 1.82) is 0 Å². The largest absolute Gasteiger partial charge is 0.507 e. The van der Waals surface area contributed by atoms with E-state index in [1.807, 2.05) is 0 Å². The number of benzene rings is 2. The summed E-state index contributed by atoms with van der Waals surface area (Å²) in [5.41, 5.74) is 3.54. The molecule has 7 atom stereocenters. The van der Waals surface area contributed by atoms with Crippen LogP contribution in [0.25, 0.3) is 11.1 Å². The SMILES string of the molecule is C[C@H]1c2ccc(-c3ccccc3)c(O)c2C(=O)C2C(=O)[C@]3(O)C(=O)C(C(N)=O)C(=O)C[C@@H]3[C@@H](O)[C@@H]21. The molecule has 3 aliphatic carbocycles. The Hall–Kier alpha value is -3.69. The van der Waals surface area contributed by atoms with Gasteiger partial charge in [-0.15, -0.1) is 0 Å². The number of amides is 1. The molecule has 35 heavy (non-hydrogen) atoms. The van der Waals surface area contributed by atoms with Crippen LogP contribution in [0.3, 0.4) is 0 Å². The Labute approximate surface area is 199 Å². The van der Waals surface area contributed by atoms with Crippen molar-refractivity contribution in [3.63, 3.8) is 0 Å². The Bertz CT molecular complexity index is 1320. The van der Waals surface area contributed by atoms with Crippen molar-refractivity contribution in [2.75, 3.05) is 0 Å². The Morgan fingerprint density at radius 3 is 2.31 bits per heavy atom. The number of phenols is 1. The van der Waals surface area contributed by atoms with Gasteiger partial charge in [0.25, 0.3) is 0 Å². The Morgan fingerprint density at radius 2 is 1.69 bits per heavy atom. The summed E-state index contributed by atoms with van der Waals surface area (Å²) >= 11 is 0. The first-order valence-corrected chi connectivity index (χ1v) is 11.3. The average Bonchev–Trinajstić information content (AvgIpc) is 2.82. The molecule has 0 aromatic heterocycles. The van der Waals surface area contributed by atoms with Gasteiger partial charge in [0.1, 0.15) is 5.75 Å². The summed E-state index contributed by atoms with van der Waals surface area (Å²) in [5.74, 6) is -12.9. The molecule has 0 bridgehead atoms. The molecule has 5 rings (SSSR count). The van der Waals surface area contributed by atoms with Crippen LogP contribution in [-0.4, -0.2) is 56.1 Å². The lowest BCUT2D eigenvalue weighted by Gasteiger charge is -2.52. The summed E-state index contributed by atoms with van der Waals surface area (Å²) in [7, 11) is 0. The number of carbonyl (C=O) groups excluding carboxylic acids is 5. The third-order valence-electron chi connectivity index (χ3n) is 7.94. The number of aliphatic hydroxyl groups is 2. The topological polar surface area (TPSA) is 172 Å². The maximum absolute atomic E-state index is 13.7. The van der Waals surface area contributed by atoms with E-state index in [-0.39, 0.29) is 11.3 Å². The number of phenolic OH excluding ortho intramolecular Hbond substituents is 1. The molecule has 0 spiro atoms. The summed E-state index contributed by atoms with van der Waals surface area (Å²) in [5, 5.41) is 33.6. The molecule has 180 valence electrons. The van der Waals surface area contributed by atoms with E-state index < -0.39 is 76.8 Å². The van der Waals surface area contributed by atoms with E-state index >= 15 is 0 Å². The molecule has 0 aliphatic heterocycles. The van der Waals surface area contributed by atoms with Crippen LogP contribution in [0.2, 0.25) is 0 Å². The third-order valence-corrected chi connectivity index (χ3v) is 7.94. The quantitative estimate of drug-likeness (QED) is 0.453. The molecule has 0 saturated heterocycles. The van der Waals surface area contributed by atoms with Gasteiger partial charge >= 0.3 is 0 Å². The summed E-state index contributed by atoms with van der Waals surface area (Å²) in [6.07, 6.45) is -2.19. The molecule has 2 unspecified atom stereocenters. The molecule has 5 N–H and O–H groups in total. The number of primary amides is 1. The van der Waals surface area contributed by atoms with Gasteiger partial charge in [0.2, 0.25) is 5.91 Å². The van der Waals surface area contributed by atoms with Crippen LogP contribution < -0.4 is 5.73 Å². The molecule has 2 saturated carbocycles. The molecule has 1 amide bonds. The molecular formula is C26H23NO8. The van der Waals surface area contributed by atoms with Crippen molar-refractivity contribution in [2.45, 2.75) is 31.0 Å². The van der Waals surface area contributed by atoms with E-state index in [0.717, 1.165) is 0 Å². The number of hydrogen-bond acceptors (Lipinski definition) is 8. The smallest absolute Gasteiger partial charge is 0.235 e. The van der Waals surface area contributed by atoms with Gasteiger partial charge in [-0.2, -0.15) is 0 Å². The Balaban J connectivity index is 1.67. The molecule has 0 heterocycles. The maximum Gasteiger partial charge on any atom is 0.235 e. The lowest BCUT2D eigenvalue weighted by Crippen LogP contribution is -2.72. The first-order chi connectivity index (χ1) is 16.5. The van der Waals surface area contributed by atoms with Crippen molar-refractivity contribution < 1.29 is 39.3 Å². The number of Topliss-reactive ketones (excluding diaryl/α,β-unsaturated/α-hetero) is 4. The average molecular weight is 477 g/mol. The third kappa shape index (κ3) is 2.91. The van der Waals surface area contributed by atoms with Crippen LogP contribution in [0.4, 0.5) is 0 Å². The van der Waals surface area contributed by atoms with E-state index in [0.29, 0.717) is 16.7 Å². The molecular weight excluding hydrogens is 454 g/mol. The van der Waals surface area contributed by atoms with Crippen molar-refractivity contribution in [3.8, 4) is 16.9 Å². The number of aromatic hydroxyl groups is 1. The summed E-state index contributed by atoms with van der Waals surface area (Å²) < 4.78 is 0. The van der Waals surface area contributed by atoms with E-state index in [1.165, 1.54) is 0 Å². The minimum absolute atomic E-state index is 0.117. The number of aliphatic hydroxyl groups excluding tert-OH is 1. The molecule has 9 nitrogen and oxygen atoms in total. The molecule has 2 aromatic rings. The highest BCUT2D eigenvalue weighted by Gasteiger charge is 2.69. The van der Waals surface area contributed by atoms with Crippen LogP contribution in [-0.2, 0) is 19.2 Å². The highest BCUT2D eigenvalue weighted by molar-refractivity contribution is 6.31. The fourth-order valence-corrected chi connectivity index (χ4v) is 6.21. The standard InChI is InChI=1S/C26H23NO8/c1-10-12-7-8-13(11-5-3-2-4-6-11)20(29)17(12)22(31)19-16(10)21(30)14-9-15(28)18(25(27)34)23(32)26(14,35)24(19)33/h2-8,10,14,16,18-19,21,29-30,35H,9H2,1H3,(H2,27,34)/t10-,14+,16+,18?,19?,21+,26+/m0/s1. The van der Waals surface area contributed by atoms with Crippen LogP contribution in [0, 0.1) is 23.7 Å². The number of fused-ring (bicyclic) bond motifs is 3. The minimum Gasteiger partial charge on any atom is -0.507 e. The molecule has 3 aliphatic rings. The number of rotatable bonds is 2. The second-order valence-corrected chi connectivity index (χ2v) is 9.60. The molecule has 0 radical (unpaired) electrons. The van der Waals surface area contributed by atoms with Gasteiger partial charge in [-0.25, -0.2) is 0 Å². The lowest BCUT2D eigenvalue weighted by molar-refractivity contribution is -0.189. The summed E-state index contributed by atoms with van der Waals surface area (Å²) in [6.45, 7) is 1.67. The van der Waals surface area contributed by atoms with E-state index in [9.17, 15) is 39.3 Å². The van der Waals surface area contributed by atoms with Gasteiger partial charge in [0, 0.05) is 23.8 Å². The Morgan fingerprint density at radius 1 is 1.03 bits per heavy atom. The zero-order valence-electron chi connectivity index (χ0n) is 18.7. The van der Waals surface area contributed by atoms with E-state index in [1.54, 1.807) is 49.4 Å². The number of carbonyl (C=O) groups is 5. The maximum atomic E-state index is 13.7. The predicted molar refractivity (Wildman–Crippen MR) is 120 cm³/mol. The van der Waals surface area contributed by atoms with E-state index in [2.05, 4.69) is 0 Å². The second kappa shape index (κ2) is 7.66. The summed E-state index contributed by atoms with van der Waals surface area (Å²) in [4.78, 5) is 64.6. The highest BCUT2D eigenvalue weighted by Crippen LogP contribution is 2.54. The van der Waals surface area contributed by atoms with Gasteiger partial charge in [-0.1, -0.05) is 49.4 Å². The van der Waals surface area contributed by atoms with Crippen molar-refractivity contribution in [1.82, 2.24) is 0 Å². The molecule has 2 fully saturated rings. The fraction of sp³-hybridized carbons (Fsp3) is 0.346. The number of hydrogen-bond donors (Lipinski definition) is 4. The monoisotopic (exact) mass is 477 g/mol. The first-order valence-electron chi connectivity index (χ1n) is 11.3. The zero-order chi connectivity index (χ0) is 25.4. The van der Waals surface area contributed by atoms with E-state index in [4.69, 9.17) is 5.73 Å². The second-order valence-electron chi connectivity index (χ2n) is 9.60. The highest BCUT2D eigenvalue weighted by atomic mass is 16.3. The normalized spacial score (nSPS) is 34.1. The van der Waals surface area contributed by atoms with Crippen LogP contribution in [0.5, 0.6) is 5.75 Å². The predicted octanol–water partition coefficient (Wildman–Crippen LogP) is 0.526. The minimum atomic E-state index is -2.92. The van der Waals surface area contributed by atoms with Gasteiger partial charge in [-0.05, 0) is 17.0 Å². The fourth-order valence-electron chi connectivity index (χ4n) is 6.21. The molecule has 9 heteroatoms. The Kier molecular flexibility index (Phi) is 5.05. The van der Waals surface area contributed by atoms with Crippen LogP contribution in [0.15, 0.2) is 42.5 Å². The van der Waals surface area contributed by atoms with Gasteiger partial charge in [0.05, 0.1) is 17.6 Å².